The zero-order valence-corrected chi connectivity index (χ0v) is 15.6. The van der Waals surface area contributed by atoms with E-state index >= 15 is 0 Å². The van der Waals surface area contributed by atoms with Crippen LogP contribution in [0.25, 0.3) is 11.1 Å². The van der Waals surface area contributed by atoms with Crippen LogP contribution < -0.4 is 4.72 Å². The molecule has 0 amide bonds. The van der Waals surface area contributed by atoms with Gasteiger partial charge in [0, 0.05) is 25.4 Å². The molecule has 0 aliphatic heterocycles. The lowest BCUT2D eigenvalue weighted by atomic mass is 10.0. The highest BCUT2D eigenvalue weighted by Gasteiger charge is 2.15. The molecule has 1 N–H and O–H groups in total. The SMILES string of the molecule is Cc1cc(S(=O)(=O)NCCCc2cnn(C)c2)ccc1-c1ccnnc1. The van der Waals surface area contributed by atoms with Crippen molar-refractivity contribution in [3.8, 4) is 11.1 Å². The molecule has 0 aliphatic carbocycles. The quantitative estimate of drug-likeness (QED) is 0.643. The van der Waals surface area contributed by atoms with E-state index in [1.807, 2.05) is 26.2 Å². The Kier molecular flexibility index (Phi) is 5.43. The lowest BCUT2D eigenvalue weighted by Gasteiger charge is -2.10. The third-order valence-electron chi connectivity index (χ3n) is 4.10. The second-order valence-electron chi connectivity index (χ2n) is 6.13. The largest absolute Gasteiger partial charge is 0.276 e. The van der Waals surface area contributed by atoms with Gasteiger partial charge < -0.3 is 0 Å². The molecule has 136 valence electrons. The number of rotatable bonds is 7. The van der Waals surface area contributed by atoms with Crippen molar-refractivity contribution in [2.45, 2.75) is 24.7 Å². The highest BCUT2D eigenvalue weighted by atomic mass is 32.2. The van der Waals surface area contributed by atoms with E-state index in [-0.39, 0.29) is 4.90 Å². The lowest BCUT2D eigenvalue weighted by molar-refractivity contribution is 0.579. The summed E-state index contributed by atoms with van der Waals surface area (Å²) in [4.78, 5) is 0.266. The molecule has 0 spiro atoms. The summed E-state index contributed by atoms with van der Waals surface area (Å²) < 4.78 is 29.4. The van der Waals surface area contributed by atoms with Crippen molar-refractivity contribution in [1.82, 2.24) is 24.7 Å². The Hall–Kier alpha value is -2.58. The van der Waals surface area contributed by atoms with Crippen molar-refractivity contribution >= 4 is 10.0 Å². The molecule has 0 radical (unpaired) electrons. The van der Waals surface area contributed by atoms with Gasteiger partial charge in [0.05, 0.1) is 23.5 Å². The molecule has 0 aliphatic rings. The minimum Gasteiger partial charge on any atom is -0.276 e. The Balaban J connectivity index is 1.64. The summed E-state index contributed by atoms with van der Waals surface area (Å²) in [6.07, 6.45) is 8.50. The fourth-order valence-corrected chi connectivity index (χ4v) is 3.92. The van der Waals surface area contributed by atoms with Crippen LogP contribution >= 0.6 is 0 Å². The molecule has 8 heteroatoms. The molecule has 3 rings (SSSR count). The van der Waals surface area contributed by atoms with Crippen LogP contribution in [0.5, 0.6) is 0 Å². The minimum atomic E-state index is -3.53. The number of sulfonamides is 1. The molecule has 0 unspecified atom stereocenters. The van der Waals surface area contributed by atoms with Crippen LogP contribution in [0, 0.1) is 6.92 Å². The van der Waals surface area contributed by atoms with Gasteiger partial charge in [-0.1, -0.05) is 6.07 Å². The Morgan fingerprint density at radius 3 is 2.65 bits per heavy atom. The predicted octanol–water partition coefficient (Wildman–Crippen LogP) is 2.10. The molecule has 0 saturated heterocycles. The van der Waals surface area contributed by atoms with Gasteiger partial charge in [-0.05, 0) is 54.7 Å². The van der Waals surface area contributed by atoms with E-state index in [2.05, 4.69) is 20.0 Å². The van der Waals surface area contributed by atoms with E-state index in [0.717, 1.165) is 28.7 Å². The maximum Gasteiger partial charge on any atom is 0.240 e. The molecule has 1 aromatic carbocycles. The first-order valence-corrected chi connectivity index (χ1v) is 9.79. The van der Waals surface area contributed by atoms with E-state index in [9.17, 15) is 8.42 Å². The van der Waals surface area contributed by atoms with Crippen molar-refractivity contribution in [3.63, 3.8) is 0 Å². The molecule has 7 nitrogen and oxygen atoms in total. The van der Waals surface area contributed by atoms with Gasteiger partial charge in [0.25, 0.3) is 0 Å². The third-order valence-corrected chi connectivity index (χ3v) is 5.55. The Morgan fingerprint density at radius 1 is 1.15 bits per heavy atom. The summed E-state index contributed by atoms with van der Waals surface area (Å²) in [5, 5.41) is 11.7. The Labute approximate surface area is 153 Å². The first-order chi connectivity index (χ1) is 12.5. The van der Waals surface area contributed by atoms with E-state index in [1.54, 1.807) is 41.5 Å². The van der Waals surface area contributed by atoms with Gasteiger partial charge >= 0.3 is 0 Å². The maximum atomic E-state index is 12.5. The number of hydrogen-bond acceptors (Lipinski definition) is 5. The number of aryl methyl sites for hydroxylation is 3. The summed E-state index contributed by atoms with van der Waals surface area (Å²) in [5.74, 6) is 0. The van der Waals surface area contributed by atoms with Crippen molar-refractivity contribution in [2.24, 2.45) is 7.05 Å². The van der Waals surface area contributed by atoms with Gasteiger partial charge in [0.15, 0.2) is 0 Å². The Bertz CT molecular complexity index is 984. The Morgan fingerprint density at radius 2 is 2.00 bits per heavy atom. The summed E-state index contributed by atoms with van der Waals surface area (Å²) in [6, 6.07) is 6.95. The highest BCUT2D eigenvalue weighted by molar-refractivity contribution is 7.89. The molecular weight excluding hydrogens is 350 g/mol. The van der Waals surface area contributed by atoms with Crippen molar-refractivity contribution in [1.29, 1.82) is 0 Å². The molecule has 26 heavy (non-hydrogen) atoms. The zero-order chi connectivity index (χ0) is 18.6. The molecule has 0 atom stereocenters. The maximum absolute atomic E-state index is 12.5. The molecule has 3 aromatic rings. The summed E-state index contributed by atoms with van der Waals surface area (Å²) in [6.45, 7) is 2.27. The monoisotopic (exact) mass is 371 g/mol. The van der Waals surface area contributed by atoms with Gasteiger partial charge in [-0.25, -0.2) is 13.1 Å². The third kappa shape index (κ3) is 4.33. The van der Waals surface area contributed by atoms with Crippen LogP contribution in [0.1, 0.15) is 17.5 Å². The zero-order valence-electron chi connectivity index (χ0n) is 14.8. The summed E-state index contributed by atoms with van der Waals surface area (Å²) in [5.41, 5.74) is 3.82. The predicted molar refractivity (Wildman–Crippen MR) is 98.9 cm³/mol. The van der Waals surface area contributed by atoms with E-state index in [1.165, 1.54) is 0 Å². The number of hydrogen-bond donors (Lipinski definition) is 1. The van der Waals surface area contributed by atoms with Gasteiger partial charge in [-0.15, -0.1) is 0 Å². The van der Waals surface area contributed by atoms with Crippen LogP contribution in [0.4, 0.5) is 0 Å². The minimum absolute atomic E-state index is 0.266. The van der Waals surface area contributed by atoms with Gasteiger partial charge in [-0.3, -0.25) is 4.68 Å². The van der Waals surface area contributed by atoms with Crippen molar-refractivity contribution in [2.75, 3.05) is 6.54 Å². The van der Waals surface area contributed by atoms with Crippen LogP contribution in [0.2, 0.25) is 0 Å². The van der Waals surface area contributed by atoms with Gasteiger partial charge in [0.1, 0.15) is 0 Å². The van der Waals surface area contributed by atoms with Crippen molar-refractivity contribution < 1.29 is 8.42 Å². The lowest BCUT2D eigenvalue weighted by Crippen LogP contribution is -2.25. The van der Waals surface area contributed by atoms with E-state index < -0.39 is 10.0 Å². The van der Waals surface area contributed by atoms with E-state index in [4.69, 9.17) is 0 Å². The van der Waals surface area contributed by atoms with Crippen LogP contribution in [-0.2, 0) is 23.5 Å². The van der Waals surface area contributed by atoms with Crippen LogP contribution in [0.3, 0.4) is 0 Å². The first-order valence-electron chi connectivity index (χ1n) is 8.30. The fraction of sp³-hybridized carbons (Fsp3) is 0.278. The van der Waals surface area contributed by atoms with Crippen molar-refractivity contribution in [3.05, 3.63) is 60.2 Å². The van der Waals surface area contributed by atoms with Gasteiger partial charge in [-0.2, -0.15) is 15.3 Å². The molecule has 2 aromatic heterocycles. The number of benzene rings is 1. The van der Waals surface area contributed by atoms with Crippen LogP contribution in [-0.4, -0.2) is 34.9 Å². The number of nitrogens with zero attached hydrogens (tertiary/aromatic N) is 4. The van der Waals surface area contributed by atoms with Crippen LogP contribution in [0.15, 0.2) is 53.9 Å². The normalized spacial score (nSPS) is 11.6. The smallest absolute Gasteiger partial charge is 0.240 e. The molecule has 2 heterocycles. The fourth-order valence-electron chi connectivity index (χ4n) is 2.76. The average molecular weight is 371 g/mol. The topological polar surface area (TPSA) is 89.8 Å². The second-order valence-corrected chi connectivity index (χ2v) is 7.90. The number of nitrogens with one attached hydrogen (secondary N) is 1. The van der Waals surface area contributed by atoms with Gasteiger partial charge in [0.2, 0.25) is 10.0 Å². The standard InChI is InChI=1S/C18H21N5O2S/c1-14-10-17(5-6-18(14)16-7-9-19-20-12-16)26(24,25)22-8-3-4-15-11-21-23(2)13-15/h5-7,9-13,22H,3-4,8H2,1-2H3. The summed E-state index contributed by atoms with van der Waals surface area (Å²) in [7, 11) is -1.67. The highest BCUT2D eigenvalue weighted by Crippen LogP contribution is 2.24. The molecule has 0 saturated carbocycles. The molecule has 0 fully saturated rings. The average Bonchev–Trinajstić information content (AvgIpc) is 3.05. The second kappa shape index (κ2) is 7.76. The molecule has 0 bridgehead atoms. The van der Waals surface area contributed by atoms with E-state index in [0.29, 0.717) is 13.0 Å². The first kappa shape index (κ1) is 18.2. The number of aromatic nitrogens is 4. The molecular formula is C18H21N5O2S. The summed E-state index contributed by atoms with van der Waals surface area (Å²) >= 11 is 0.